The van der Waals surface area contributed by atoms with Gasteiger partial charge in [0.25, 0.3) is 11.1 Å². The van der Waals surface area contributed by atoms with Crippen LogP contribution >= 0.6 is 27.7 Å². The third-order valence-electron chi connectivity index (χ3n) is 6.09. The molecule has 0 N–H and O–H groups in total. The molecular weight excluding hydrogens is 532 g/mol. The number of rotatable bonds is 7. The monoisotopic (exact) mass is 558 g/mol. The summed E-state index contributed by atoms with van der Waals surface area (Å²) in [5.74, 6) is 0.395. The van der Waals surface area contributed by atoms with Gasteiger partial charge in [-0.2, -0.15) is 0 Å². The van der Waals surface area contributed by atoms with Gasteiger partial charge in [0.2, 0.25) is 5.91 Å². The van der Waals surface area contributed by atoms with E-state index in [1.807, 2.05) is 38.1 Å². The molecule has 0 unspecified atom stereocenters. The topological polar surface area (TPSA) is 76.2 Å². The van der Waals surface area contributed by atoms with Crippen LogP contribution < -0.4 is 9.47 Å². The standard InChI is InChI=1S/C26H27BrN2O5S/c1-4-16(2)34-24-20(27)11-17(12-21(24)33-3)13-22-25(31)29(26(32)35-22)15-23(30)28-10-9-18-7-5-6-8-19(18)14-28/h5-8,11-13,16H,4,9-10,14-15H2,1-3H3/b22-13-/t16-/m1/s1. The lowest BCUT2D eigenvalue weighted by atomic mass is 10.00. The van der Waals surface area contributed by atoms with Crippen molar-refractivity contribution in [3.63, 3.8) is 0 Å². The zero-order valence-corrected chi connectivity index (χ0v) is 22.3. The summed E-state index contributed by atoms with van der Waals surface area (Å²) >= 11 is 4.35. The minimum Gasteiger partial charge on any atom is -0.493 e. The van der Waals surface area contributed by atoms with Crippen LogP contribution in [0, 0.1) is 0 Å². The van der Waals surface area contributed by atoms with Crippen molar-refractivity contribution in [1.29, 1.82) is 0 Å². The average Bonchev–Trinajstić information content (AvgIpc) is 3.12. The summed E-state index contributed by atoms with van der Waals surface area (Å²) in [6.45, 7) is 4.80. The Labute approximate surface area is 217 Å². The van der Waals surface area contributed by atoms with E-state index in [9.17, 15) is 14.4 Å². The molecule has 1 fully saturated rings. The molecule has 0 radical (unpaired) electrons. The largest absolute Gasteiger partial charge is 0.493 e. The summed E-state index contributed by atoms with van der Waals surface area (Å²) in [4.78, 5) is 41.5. The molecule has 0 bridgehead atoms. The maximum atomic E-state index is 13.0. The lowest BCUT2D eigenvalue weighted by molar-refractivity contribution is -0.136. The molecule has 1 saturated heterocycles. The van der Waals surface area contributed by atoms with E-state index < -0.39 is 11.1 Å². The van der Waals surface area contributed by atoms with Gasteiger partial charge in [0, 0.05) is 13.1 Å². The molecular formula is C26H27BrN2O5S. The summed E-state index contributed by atoms with van der Waals surface area (Å²) in [6, 6.07) is 11.6. The summed E-state index contributed by atoms with van der Waals surface area (Å²) in [5, 5.41) is -0.449. The first kappa shape index (κ1) is 25.3. The molecule has 2 aliphatic rings. The highest BCUT2D eigenvalue weighted by molar-refractivity contribution is 9.10. The Morgan fingerprint density at radius 3 is 2.69 bits per heavy atom. The van der Waals surface area contributed by atoms with Crippen LogP contribution in [-0.2, 0) is 22.6 Å². The Morgan fingerprint density at radius 1 is 1.23 bits per heavy atom. The van der Waals surface area contributed by atoms with Gasteiger partial charge in [0.15, 0.2) is 11.5 Å². The molecule has 184 valence electrons. The maximum absolute atomic E-state index is 13.0. The number of imide groups is 1. The minimum atomic E-state index is -0.471. The number of amides is 3. The highest BCUT2D eigenvalue weighted by atomic mass is 79.9. The molecule has 35 heavy (non-hydrogen) atoms. The number of ether oxygens (including phenoxy) is 2. The van der Waals surface area contributed by atoms with Gasteiger partial charge in [0.05, 0.1) is 22.6 Å². The van der Waals surface area contributed by atoms with Crippen molar-refractivity contribution in [3.05, 3.63) is 62.5 Å². The van der Waals surface area contributed by atoms with Crippen LogP contribution in [0.3, 0.4) is 0 Å². The highest BCUT2D eigenvalue weighted by Crippen LogP contribution is 2.39. The molecule has 2 aromatic carbocycles. The van der Waals surface area contributed by atoms with E-state index in [2.05, 4.69) is 22.0 Å². The Kier molecular flexibility index (Phi) is 7.86. The summed E-state index contributed by atoms with van der Waals surface area (Å²) in [7, 11) is 1.55. The number of nitrogens with zero attached hydrogens (tertiary/aromatic N) is 2. The third-order valence-corrected chi connectivity index (χ3v) is 7.59. The van der Waals surface area contributed by atoms with Gasteiger partial charge in [-0.05, 0) is 82.4 Å². The van der Waals surface area contributed by atoms with Crippen molar-refractivity contribution in [1.82, 2.24) is 9.80 Å². The van der Waals surface area contributed by atoms with Crippen LogP contribution in [0.2, 0.25) is 0 Å². The normalized spacial score (nSPS) is 17.5. The van der Waals surface area contributed by atoms with Crippen molar-refractivity contribution in [2.24, 2.45) is 0 Å². The van der Waals surface area contributed by atoms with E-state index >= 15 is 0 Å². The molecule has 2 heterocycles. The predicted octanol–water partition coefficient (Wildman–Crippen LogP) is 5.26. The number of methoxy groups -OCH3 is 1. The molecule has 1 atom stereocenters. The highest BCUT2D eigenvalue weighted by Gasteiger charge is 2.37. The lowest BCUT2D eigenvalue weighted by Gasteiger charge is -2.29. The number of carbonyl (C=O) groups excluding carboxylic acids is 3. The van der Waals surface area contributed by atoms with Crippen LogP contribution in [0.1, 0.15) is 37.0 Å². The van der Waals surface area contributed by atoms with Crippen molar-refractivity contribution in [2.75, 3.05) is 20.2 Å². The molecule has 2 aliphatic heterocycles. The molecule has 0 spiro atoms. The Balaban J connectivity index is 1.48. The zero-order chi connectivity index (χ0) is 25.1. The molecule has 4 rings (SSSR count). The first-order chi connectivity index (χ1) is 16.8. The fourth-order valence-electron chi connectivity index (χ4n) is 3.95. The SMILES string of the molecule is CC[C@@H](C)Oc1c(Br)cc(/C=C2\SC(=O)N(CC(=O)N3CCc4ccccc4C3)C2=O)cc1OC. The van der Waals surface area contributed by atoms with Crippen molar-refractivity contribution in [2.45, 2.75) is 39.3 Å². The van der Waals surface area contributed by atoms with E-state index in [4.69, 9.17) is 9.47 Å². The second-order valence-electron chi connectivity index (χ2n) is 8.47. The molecule has 9 heteroatoms. The van der Waals surface area contributed by atoms with Gasteiger partial charge < -0.3 is 14.4 Å². The predicted molar refractivity (Wildman–Crippen MR) is 139 cm³/mol. The minimum absolute atomic E-state index is 0.00784. The van der Waals surface area contributed by atoms with Crippen LogP contribution in [0.15, 0.2) is 45.8 Å². The fourth-order valence-corrected chi connectivity index (χ4v) is 5.35. The second kappa shape index (κ2) is 10.9. The summed E-state index contributed by atoms with van der Waals surface area (Å²) in [6.07, 6.45) is 3.24. The van der Waals surface area contributed by atoms with Gasteiger partial charge in [-0.15, -0.1) is 0 Å². The molecule has 0 saturated carbocycles. The van der Waals surface area contributed by atoms with E-state index in [1.165, 1.54) is 5.56 Å². The lowest BCUT2D eigenvalue weighted by Crippen LogP contribution is -2.44. The molecule has 3 amide bonds. The maximum Gasteiger partial charge on any atom is 0.294 e. The Bertz CT molecular complexity index is 1200. The zero-order valence-electron chi connectivity index (χ0n) is 19.9. The summed E-state index contributed by atoms with van der Waals surface area (Å²) in [5.41, 5.74) is 3.00. The van der Waals surface area contributed by atoms with Crippen LogP contribution in [0.5, 0.6) is 11.5 Å². The quantitative estimate of drug-likeness (QED) is 0.431. The molecule has 0 aliphatic carbocycles. The number of hydrogen-bond donors (Lipinski definition) is 0. The first-order valence-corrected chi connectivity index (χ1v) is 13.1. The van der Waals surface area contributed by atoms with Crippen LogP contribution in [-0.4, -0.2) is 53.2 Å². The number of fused-ring (bicyclic) bond motifs is 1. The van der Waals surface area contributed by atoms with Crippen molar-refractivity contribution in [3.8, 4) is 11.5 Å². The van der Waals surface area contributed by atoms with Gasteiger partial charge in [0.1, 0.15) is 6.54 Å². The first-order valence-electron chi connectivity index (χ1n) is 11.4. The van der Waals surface area contributed by atoms with Crippen molar-refractivity contribution < 1.29 is 23.9 Å². The van der Waals surface area contributed by atoms with Crippen LogP contribution in [0.25, 0.3) is 6.08 Å². The van der Waals surface area contributed by atoms with Crippen LogP contribution in [0.4, 0.5) is 4.79 Å². The van der Waals surface area contributed by atoms with Gasteiger partial charge in [-0.25, -0.2) is 0 Å². The molecule has 2 aromatic rings. The molecule has 7 nitrogen and oxygen atoms in total. The summed E-state index contributed by atoms with van der Waals surface area (Å²) < 4.78 is 12.1. The average molecular weight is 559 g/mol. The number of hydrogen-bond acceptors (Lipinski definition) is 6. The van der Waals surface area contributed by atoms with Gasteiger partial charge in [-0.1, -0.05) is 31.2 Å². The number of benzene rings is 2. The Morgan fingerprint density at radius 2 is 1.97 bits per heavy atom. The van der Waals surface area contributed by atoms with E-state index in [-0.39, 0.29) is 23.5 Å². The Hall–Kier alpha value is -2.78. The number of halogens is 1. The van der Waals surface area contributed by atoms with E-state index in [0.717, 1.165) is 35.1 Å². The second-order valence-corrected chi connectivity index (χ2v) is 10.3. The number of carbonyl (C=O) groups is 3. The third kappa shape index (κ3) is 5.56. The molecule has 0 aromatic heterocycles. The number of thioether (sulfide) groups is 1. The van der Waals surface area contributed by atoms with E-state index in [0.29, 0.717) is 34.6 Å². The smallest absolute Gasteiger partial charge is 0.294 e. The van der Waals surface area contributed by atoms with Gasteiger partial charge in [-0.3, -0.25) is 19.3 Å². The fraction of sp³-hybridized carbons (Fsp3) is 0.346. The van der Waals surface area contributed by atoms with E-state index in [1.54, 1.807) is 24.2 Å². The van der Waals surface area contributed by atoms with Crippen molar-refractivity contribution >= 4 is 50.8 Å². The van der Waals surface area contributed by atoms with Gasteiger partial charge >= 0.3 is 0 Å².